The molecule has 0 saturated heterocycles. The van der Waals surface area contributed by atoms with Gasteiger partial charge in [-0.3, -0.25) is 9.69 Å². The Bertz CT molecular complexity index is 1130. The molecule has 0 spiro atoms. The van der Waals surface area contributed by atoms with Gasteiger partial charge in [-0.15, -0.1) is 0 Å². The number of alkyl halides is 2. The standard InChI is InChI=1S/C24H23F2N3O3/c1-29-21(30)24(28-23(29)27,17-7-3-5-15(13-17)6-4-12-31-2)18-10-11-20(32-22(25)26)19(14-18)16-8-9-16/h3,5,7,10-11,13-14,16,22H,8-9,12H2,1-2H3,(H2,27,28)/t24-/m0/s1. The van der Waals surface area contributed by atoms with Crippen molar-refractivity contribution < 1.29 is 23.0 Å². The van der Waals surface area contributed by atoms with Crippen molar-refractivity contribution >= 4 is 11.9 Å². The van der Waals surface area contributed by atoms with E-state index in [-0.39, 0.29) is 30.1 Å². The van der Waals surface area contributed by atoms with Crippen molar-refractivity contribution in [1.82, 2.24) is 4.90 Å². The molecule has 6 nitrogen and oxygen atoms in total. The third-order valence-corrected chi connectivity index (χ3v) is 5.63. The summed E-state index contributed by atoms with van der Waals surface area (Å²) in [5.74, 6) is 5.87. The van der Waals surface area contributed by atoms with Gasteiger partial charge in [0.1, 0.15) is 12.4 Å². The fourth-order valence-corrected chi connectivity index (χ4v) is 3.91. The number of carbonyl (C=O) groups excluding carboxylic acids is 1. The summed E-state index contributed by atoms with van der Waals surface area (Å²) in [7, 11) is 3.12. The first-order valence-corrected chi connectivity index (χ1v) is 10.2. The molecule has 2 aromatic carbocycles. The van der Waals surface area contributed by atoms with Crippen LogP contribution in [0.1, 0.15) is 41.0 Å². The second kappa shape index (κ2) is 8.60. The van der Waals surface area contributed by atoms with Crippen molar-refractivity contribution in [2.45, 2.75) is 30.9 Å². The average molecular weight is 439 g/mol. The number of methoxy groups -OCH3 is 1. The number of amides is 1. The molecule has 8 heteroatoms. The number of benzene rings is 2. The Morgan fingerprint density at radius 2 is 2.00 bits per heavy atom. The lowest BCUT2D eigenvalue weighted by molar-refractivity contribution is -0.129. The van der Waals surface area contributed by atoms with E-state index in [0.717, 1.165) is 12.8 Å². The third-order valence-electron chi connectivity index (χ3n) is 5.63. The molecule has 0 radical (unpaired) electrons. The number of nitrogens with zero attached hydrogens (tertiary/aromatic N) is 2. The van der Waals surface area contributed by atoms with Gasteiger partial charge in [0.15, 0.2) is 11.5 Å². The zero-order valence-corrected chi connectivity index (χ0v) is 17.8. The van der Waals surface area contributed by atoms with Gasteiger partial charge >= 0.3 is 6.61 Å². The van der Waals surface area contributed by atoms with Gasteiger partial charge in [0.25, 0.3) is 5.91 Å². The third kappa shape index (κ3) is 3.92. The SMILES string of the molecule is COCC#Cc1cccc([C@@]2(c3ccc(OC(F)F)c(C4CC4)c3)N=C(N)N(C)C2=O)c1. The molecule has 0 unspecified atom stereocenters. The van der Waals surface area contributed by atoms with Crippen LogP contribution in [0.4, 0.5) is 8.78 Å². The average Bonchev–Trinajstić information content (AvgIpc) is 3.59. The van der Waals surface area contributed by atoms with Crippen LogP contribution < -0.4 is 10.5 Å². The number of carbonyl (C=O) groups is 1. The summed E-state index contributed by atoms with van der Waals surface area (Å²) in [4.78, 5) is 19.4. The number of aliphatic imine (C=N–C) groups is 1. The highest BCUT2D eigenvalue weighted by molar-refractivity contribution is 6.09. The van der Waals surface area contributed by atoms with E-state index in [1.54, 1.807) is 44.5 Å². The fraction of sp³-hybridized carbons (Fsp3) is 0.333. The fourth-order valence-electron chi connectivity index (χ4n) is 3.91. The van der Waals surface area contributed by atoms with E-state index in [9.17, 15) is 13.6 Å². The van der Waals surface area contributed by atoms with E-state index < -0.39 is 12.2 Å². The zero-order valence-electron chi connectivity index (χ0n) is 17.8. The van der Waals surface area contributed by atoms with Gasteiger partial charge in [-0.1, -0.05) is 30.0 Å². The van der Waals surface area contributed by atoms with Crippen LogP contribution in [0.5, 0.6) is 5.75 Å². The Morgan fingerprint density at radius 3 is 2.62 bits per heavy atom. The first-order chi connectivity index (χ1) is 15.4. The van der Waals surface area contributed by atoms with E-state index in [2.05, 4.69) is 16.8 Å². The minimum Gasteiger partial charge on any atom is -0.435 e. The maximum Gasteiger partial charge on any atom is 0.387 e. The zero-order chi connectivity index (χ0) is 22.9. The van der Waals surface area contributed by atoms with Crippen LogP contribution in [0.2, 0.25) is 0 Å². The first kappa shape index (κ1) is 21.8. The number of likely N-dealkylation sites (N-methyl/N-ethyl adjacent to an activating group) is 1. The Labute approximate surface area is 185 Å². The summed E-state index contributed by atoms with van der Waals surface area (Å²) in [5.41, 5.74) is 7.07. The van der Waals surface area contributed by atoms with E-state index in [1.165, 1.54) is 11.0 Å². The van der Waals surface area contributed by atoms with Gasteiger partial charge in [0.05, 0.1) is 0 Å². The topological polar surface area (TPSA) is 77.2 Å². The van der Waals surface area contributed by atoms with E-state index >= 15 is 0 Å². The molecule has 2 aromatic rings. The molecule has 1 amide bonds. The lowest BCUT2D eigenvalue weighted by Gasteiger charge is -2.27. The van der Waals surface area contributed by atoms with Crippen molar-refractivity contribution in [2.24, 2.45) is 10.7 Å². The van der Waals surface area contributed by atoms with Gasteiger partial charge in [-0.25, -0.2) is 4.99 Å². The van der Waals surface area contributed by atoms with Crippen LogP contribution in [0.15, 0.2) is 47.5 Å². The minimum absolute atomic E-state index is 0.0757. The molecule has 1 fully saturated rings. The number of nitrogens with two attached hydrogens (primary N) is 1. The molecular formula is C24H23F2N3O3. The monoisotopic (exact) mass is 439 g/mol. The number of rotatable bonds is 6. The number of hydrogen-bond donors (Lipinski definition) is 1. The molecule has 0 bridgehead atoms. The van der Waals surface area contributed by atoms with Gasteiger partial charge in [-0.05, 0) is 59.7 Å². The smallest absolute Gasteiger partial charge is 0.387 e. The highest BCUT2D eigenvalue weighted by atomic mass is 19.3. The second-order valence-electron chi connectivity index (χ2n) is 7.77. The highest BCUT2D eigenvalue weighted by Gasteiger charge is 2.50. The van der Waals surface area contributed by atoms with Crippen molar-refractivity contribution in [3.63, 3.8) is 0 Å². The van der Waals surface area contributed by atoms with Gasteiger partial charge in [0, 0.05) is 19.7 Å². The molecule has 1 aliphatic heterocycles. The van der Waals surface area contributed by atoms with Gasteiger partial charge < -0.3 is 15.2 Å². The number of ether oxygens (including phenoxy) is 2. The maximum absolute atomic E-state index is 13.5. The lowest BCUT2D eigenvalue weighted by Crippen LogP contribution is -2.41. The quantitative estimate of drug-likeness (QED) is 0.702. The Kier molecular flexibility index (Phi) is 5.85. The molecule has 2 N–H and O–H groups in total. The molecule has 1 aliphatic carbocycles. The summed E-state index contributed by atoms with van der Waals surface area (Å²) in [6.45, 7) is -2.65. The molecule has 1 saturated carbocycles. The number of guanidine groups is 1. The number of halogens is 2. The minimum atomic E-state index is -2.93. The van der Waals surface area contributed by atoms with Crippen LogP contribution in [-0.4, -0.2) is 44.1 Å². The van der Waals surface area contributed by atoms with Crippen LogP contribution in [-0.2, 0) is 15.1 Å². The molecular weight excluding hydrogens is 416 g/mol. The molecule has 0 aromatic heterocycles. The molecule has 166 valence electrons. The maximum atomic E-state index is 13.5. The van der Waals surface area contributed by atoms with Crippen molar-refractivity contribution in [3.05, 3.63) is 64.7 Å². The number of hydrogen-bond acceptors (Lipinski definition) is 5. The molecule has 1 heterocycles. The van der Waals surface area contributed by atoms with Crippen LogP contribution in [0.3, 0.4) is 0 Å². The highest BCUT2D eigenvalue weighted by Crippen LogP contribution is 2.48. The Morgan fingerprint density at radius 1 is 1.25 bits per heavy atom. The summed E-state index contributed by atoms with van der Waals surface area (Å²) < 4.78 is 35.5. The van der Waals surface area contributed by atoms with E-state index in [4.69, 9.17) is 15.2 Å². The van der Waals surface area contributed by atoms with Crippen LogP contribution in [0.25, 0.3) is 0 Å². The summed E-state index contributed by atoms with van der Waals surface area (Å²) in [6.07, 6.45) is 1.75. The van der Waals surface area contributed by atoms with Crippen molar-refractivity contribution in [2.75, 3.05) is 20.8 Å². The Balaban J connectivity index is 1.87. The second-order valence-corrected chi connectivity index (χ2v) is 7.77. The first-order valence-electron chi connectivity index (χ1n) is 10.2. The van der Waals surface area contributed by atoms with Gasteiger partial charge in [0.2, 0.25) is 0 Å². The van der Waals surface area contributed by atoms with Crippen molar-refractivity contribution in [1.29, 1.82) is 0 Å². The van der Waals surface area contributed by atoms with E-state index in [1.807, 2.05) is 6.07 Å². The van der Waals surface area contributed by atoms with Crippen molar-refractivity contribution in [3.8, 4) is 17.6 Å². The molecule has 32 heavy (non-hydrogen) atoms. The molecule has 2 aliphatic rings. The molecule has 1 atom stereocenters. The predicted octanol–water partition coefficient (Wildman–Crippen LogP) is 3.19. The summed E-state index contributed by atoms with van der Waals surface area (Å²) in [6, 6.07) is 12.0. The Hall–Kier alpha value is -3.44. The summed E-state index contributed by atoms with van der Waals surface area (Å²) in [5, 5.41) is 0. The van der Waals surface area contributed by atoms with Gasteiger partial charge in [-0.2, -0.15) is 8.78 Å². The van der Waals surface area contributed by atoms with Crippen LogP contribution in [0, 0.1) is 11.8 Å². The summed E-state index contributed by atoms with van der Waals surface area (Å²) >= 11 is 0. The molecule has 4 rings (SSSR count). The van der Waals surface area contributed by atoms with Crippen LogP contribution >= 0.6 is 0 Å². The van der Waals surface area contributed by atoms with E-state index in [0.29, 0.717) is 22.3 Å². The lowest BCUT2D eigenvalue weighted by atomic mass is 9.81. The largest absolute Gasteiger partial charge is 0.435 e. The normalized spacial score (nSPS) is 20.2. The predicted molar refractivity (Wildman–Crippen MR) is 115 cm³/mol.